The molecule has 1 unspecified atom stereocenters. The van der Waals surface area contributed by atoms with Gasteiger partial charge in [0, 0.05) is 37.0 Å². The Labute approximate surface area is 107 Å². The fraction of sp³-hybridized carbons (Fsp3) is 0.400. The Kier molecular flexibility index (Phi) is 3.26. The molecule has 0 saturated carbocycles. The van der Waals surface area contributed by atoms with Gasteiger partial charge in [0.15, 0.2) is 0 Å². The van der Waals surface area contributed by atoms with Crippen LogP contribution in [0.3, 0.4) is 0 Å². The van der Waals surface area contributed by atoms with Crippen LogP contribution in [0.15, 0.2) is 36.7 Å². The Balaban J connectivity index is 1.97. The van der Waals surface area contributed by atoms with Gasteiger partial charge in [-0.3, -0.25) is 4.98 Å². The number of hydrogen-bond acceptors (Lipinski definition) is 3. The number of hydrogen-bond donors (Lipinski definition) is 1. The van der Waals surface area contributed by atoms with Gasteiger partial charge in [-0.15, -0.1) is 0 Å². The summed E-state index contributed by atoms with van der Waals surface area (Å²) in [5.74, 6) is 0.525. The molecule has 0 aliphatic carbocycles. The molecule has 2 N–H and O–H groups in total. The molecule has 0 radical (unpaired) electrons. The molecule has 1 aromatic heterocycles. The number of aromatic nitrogens is 1. The van der Waals surface area contributed by atoms with E-state index in [-0.39, 0.29) is 6.04 Å². The highest BCUT2D eigenvalue weighted by Crippen LogP contribution is 2.31. The van der Waals surface area contributed by atoms with Crippen molar-refractivity contribution in [3.63, 3.8) is 0 Å². The molecule has 94 valence electrons. The standard InChI is InChI=1S/C15H18N2O/c16-15(11-5-8-18-9-6-11)14-3-1-2-12-10-17-7-4-13(12)14/h1-4,7,10-11,15H,5-6,8-9,16H2. The third-order valence-corrected chi connectivity index (χ3v) is 3.85. The van der Waals surface area contributed by atoms with E-state index >= 15 is 0 Å². The van der Waals surface area contributed by atoms with Gasteiger partial charge in [-0.2, -0.15) is 0 Å². The molecule has 1 atom stereocenters. The quantitative estimate of drug-likeness (QED) is 0.880. The first-order valence-electron chi connectivity index (χ1n) is 6.52. The Morgan fingerprint density at radius 1 is 1.22 bits per heavy atom. The van der Waals surface area contributed by atoms with E-state index in [4.69, 9.17) is 10.5 Å². The second-order valence-corrected chi connectivity index (χ2v) is 4.92. The Bertz CT molecular complexity index is 530. The number of ether oxygens (including phenoxy) is 1. The van der Waals surface area contributed by atoms with Gasteiger partial charge < -0.3 is 10.5 Å². The van der Waals surface area contributed by atoms with Crippen LogP contribution in [0.5, 0.6) is 0 Å². The number of nitrogens with two attached hydrogens (primary N) is 1. The third kappa shape index (κ3) is 2.11. The van der Waals surface area contributed by atoms with Crippen molar-refractivity contribution >= 4 is 10.8 Å². The van der Waals surface area contributed by atoms with Gasteiger partial charge in [-0.25, -0.2) is 0 Å². The Morgan fingerprint density at radius 2 is 2.06 bits per heavy atom. The third-order valence-electron chi connectivity index (χ3n) is 3.85. The zero-order chi connectivity index (χ0) is 12.4. The molecule has 3 nitrogen and oxygen atoms in total. The van der Waals surface area contributed by atoms with Crippen molar-refractivity contribution in [3.05, 3.63) is 42.2 Å². The summed E-state index contributed by atoms with van der Waals surface area (Å²) in [6.07, 6.45) is 5.85. The molecule has 2 aromatic rings. The van der Waals surface area contributed by atoms with E-state index in [9.17, 15) is 0 Å². The van der Waals surface area contributed by atoms with Crippen LogP contribution in [0.4, 0.5) is 0 Å². The van der Waals surface area contributed by atoms with Crippen LogP contribution in [0.25, 0.3) is 10.8 Å². The van der Waals surface area contributed by atoms with Gasteiger partial charge >= 0.3 is 0 Å². The number of benzene rings is 1. The summed E-state index contributed by atoms with van der Waals surface area (Å²) < 4.78 is 5.41. The fourth-order valence-corrected chi connectivity index (χ4v) is 2.77. The number of fused-ring (bicyclic) bond motifs is 1. The van der Waals surface area contributed by atoms with E-state index in [1.54, 1.807) is 0 Å². The van der Waals surface area contributed by atoms with Crippen molar-refractivity contribution in [3.8, 4) is 0 Å². The summed E-state index contributed by atoms with van der Waals surface area (Å²) in [4.78, 5) is 4.17. The van der Waals surface area contributed by atoms with E-state index in [1.807, 2.05) is 12.4 Å². The van der Waals surface area contributed by atoms with E-state index in [2.05, 4.69) is 29.2 Å². The molecular formula is C15H18N2O. The molecule has 18 heavy (non-hydrogen) atoms. The number of rotatable bonds is 2. The molecule has 3 rings (SSSR count). The van der Waals surface area contributed by atoms with Crippen LogP contribution in [-0.4, -0.2) is 18.2 Å². The lowest BCUT2D eigenvalue weighted by atomic mass is 9.86. The van der Waals surface area contributed by atoms with Crippen molar-refractivity contribution in [2.24, 2.45) is 11.7 Å². The SMILES string of the molecule is NC(c1cccc2cnccc12)C1CCOCC1. The van der Waals surface area contributed by atoms with Gasteiger partial charge in [-0.05, 0) is 35.8 Å². The van der Waals surface area contributed by atoms with Gasteiger partial charge in [0.1, 0.15) is 0 Å². The first kappa shape index (κ1) is 11.6. The van der Waals surface area contributed by atoms with E-state index in [0.717, 1.165) is 31.4 Å². The van der Waals surface area contributed by atoms with Gasteiger partial charge in [-0.1, -0.05) is 18.2 Å². The van der Waals surface area contributed by atoms with Crippen molar-refractivity contribution < 1.29 is 4.74 Å². The van der Waals surface area contributed by atoms with E-state index in [0.29, 0.717) is 5.92 Å². The zero-order valence-corrected chi connectivity index (χ0v) is 10.4. The molecule has 0 spiro atoms. The van der Waals surface area contributed by atoms with Crippen molar-refractivity contribution in [1.82, 2.24) is 4.98 Å². The molecule has 1 aromatic carbocycles. The topological polar surface area (TPSA) is 48.1 Å². The Hall–Kier alpha value is -1.45. The summed E-state index contributed by atoms with van der Waals surface area (Å²) in [6.45, 7) is 1.68. The molecule has 1 fully saturated rings. The summed E-state index contributed by atoms with van der Waals surface area (Å²) in [5.41, 5.74) is 7.70. The molecule has 1 saturated heterocycles. The molecule has 0 bridgehead atoms. The van der Waals surface area contributed by atoms with E-state index < -0.39 is 0 Å². The second-order valence-electron chi connectivity index (χ2n) is 4.92. The van der Waals surface area contributed by atoms with Gasteiger partial charge in [0.2, 0.25) is 0 Å². The minimum Gasteiger partial charge on any atom is -0.381 e. The van der Waals surface area contributed by atoms with E-state index in [1.165, 1.54) is 10.9 Å². The summed E-state index contributed by atoms with van der Waals surface area (Å²) in [5, 5.41) is 2.39. The minimum atomic E-state index is 0.0972. The fourth-order valence-electron chi connectivity index (χ4n) is 2.77. The van der Waals surface area contributed by atoms with Crippen LogP contribution in [-0.2, 0) is 4.74 Å². The van der Waals surface area contributed by atoms with Gasteiger partial charge in [0.05, 0.1) is 0 Å². The predicted octanol–water partition coefficient (Wildman–Crippen LogP) is 2.66. The highest BCUT2D eigenvalue weighted by atomic mass is 16.5. The first-order chi connectivity index (χ1) is 8.86. The molecule has 1 aliphatic rings. The molecule has 0 amide bonds. The van der Waals surface area contributed by atoms with Crippen LogP contribution >= 0.6 is 0 Å². The molecule has 1 aliphatic heterocycles. The maximum absolute atomic E-state index is 6.46. The number of pyridine rings is 1. The summed E-state index contributed by atoms with van der Waals surface area (Å²) in [7, 11) is 0. The lowest BCUT2D eigenvalue weighted by Crippen LogP contribution is -2.27. The monoisotopic (exact) mass is 242 g/mol. The molecular weight excluding hydrogens is 224 g/mol. The maximum atomic E-state index is 6.46. The van der Waals surface area contributed by atoms with Crippen molar-refractivity contribution in [2.45, 2.75) is 18.9 Å². The van der Waals surface area contributed by atoms with Crippen LogP contribution in [0, 0.1) is 5.92 Å². The summed E-state index contributed by atoms with van der Waals surface area (Å²) in [6, 6.07) is 8.45. The minimum absolute atomic E-state index is 0.0972. The van der Waals surface area contributed by atoms with Crippen molar-refractivity contribution in [1.29, 1.82) is 0 Å². The summed E-state index contributed by atoms with van der Waals surface area (Å²) >= 11 is 0. The highest BCUT2D eigenvalue weighted by molar-refractivity contribution is 5.85. The zero-order valence-electron chi connectivity index (χ0n) is 10.4. The average molecular weight is 242 g/mol. The first-order valence-corrected chi connectivity index (χ1v) is 6.52. The number of nitrogens with zero attached hydrogens (tertiary/aromatic N) is 1. The van der Waals surface area contributed by atoms with Crippen LogP contribution in [0.1, 0.15) is 24.4 Å². The van der Waals surface area contributed by atoms with Gasteiger partial charge in [0.25, 0.3) is 0 Å². The van der Waals surface area contributed by atoms with Crippen LogP contribution < -0.4 is 5.73 Å². The average Bonchev–Trinajstić information content (AvgIpc) is 2.47. The second kappa shape index (κ2) is 5.04. The normalized spacial score (nSPS) is 18.9. The Morgan fingerprint density at radius 3 is 2.89 bits per heavy atom. The lowest BCUT2D eigenvalue weighted by Gasteiger charge is -2.28. The lowest BCUT2D eigenvalue weighted by molar-refractivity contribution is 0.0585. The highest BCUT2D eigenvalue weighted by Gasteiger charge is 2.23. The van der Waals surface area contributed by atoms with Crippen molar-refractivity contribution in [2.75, 3.05) is 13.2 Å². The molecule has 3 heteroatoms. The van der Waals surface area contributed by atoms with Crippen LogP contribution in [0.2, 0.25) is 0 Å². The predicted molar refractivity (Wildman–Crippen MR) is 72.2 cm³/mol. The smallest absolute Gasteiger partial charge is 0.0469 e. The maximum Gasteiger partial charge on any atom is 0.0469 e. The molecule has 2 heterocycles. The largest absolute Gasteiger partial charge is 0.381 e.